The van der Waals surface area contributed by atoms with Gasteiger partial charge in [-0.1, -0.05) is 17.4 Å². The van der Waals surface area contributed by atoms with Crippen molar-refractivity contribution in [2.45, 2.75) is 20.4 Å². The van der Waals surface area contributed by atoms with E-state index >= 15 is 0 Å². The lowest BCUT2D eigenvalue weighted by Crippen LogP contribution is -2.15. The van der Waals surface area contributed by atoms with Crippen LogP contribution in [0.15, 0.2) is 35.7 Å². The van der Waals surface area contributed by atoms with E-state index in [0.29, 0.717) is 29.7 Å². The first-order chi connectivity index (χ1) is 14.1. The van der Waals surface area contributed by atoms with Gasteiger partial charge in [-0.05, 0) is 31.4 Å². The van der Waals surface area contributed by atoms with E-state index in [1.54, 1.807) is 11.3 Å². The Balaban J connectivity index is 1.40. The number of aryl methyl sites for hydroxylation is 1. The number of carbonyl (C=O) groups is 1. The lowest BCUT2D eigenvalue weighted by atomic mass is 10.2. The standard InChI is InChI=1S/C21H19N3O3S2/c1-12-8-15(13(2)24(12)11-14-4-3-7-28-14)20(25)23-21-22-16-9-17-18(10-19(16)29-21)27-6-5-26-17/h3-4,7-10H,5-6,11H2,1-2H3,(H,22,23,25). The van der Waals surface area contributed by atoms with Crippen LogP contribution >= 0.6 is 22.7 Å². The number of rotatable bonds is 4. The average molecular weight is 426 g/mol. The molecular formula is C21H19N3O3S2. The van der Waals surface area contributed by atoms with E-state index in [9.17, 15) is 4.79 Å². The maximum absolute atomic E-state index is 12.9. The molecule has 0 saturated carbocycles. The van der Waals surface area contributed by atoms with E-state index in [4.69, 9.17) is 9.47 Å². The van der Waals surface area contributed by atoms with Crippen LogP contribution in [0.4, 0.5) is 5.13 Å². The fourth-order valence-electron chi connectivity index (χ4n) is 3.52. The summed E-state index contributed by atoms with van der Waals surface area (Å²) in [6.45, 7) is 5.86. The van der Waals surface area contributed by atoms with Gasteiger partial charge in [0.15, 0.2) is 16.6 Å². The van der Waals surface area contributed by atoms with Crippen molar-refractivity contribution in [3.63, 3.8) is 0 Å². The number of thiophene rings is 1. The zero-order valence-corrected chi connectivity index (χ0v) is 17.7. The molecule has 0 aliphatic carbocycles. The monoisotopic (exact) mass is 425 g/mol. The van der Waals surface area contributed by atoms with E-state index in [1.807, 2.05) is 38.1 Å². The van der Waals surface area contributed by atoms with Gasteiger partial charge in [-0.15, -0.1) is 11.3 Å². The first-order valence-electron chi connectivity index (χ1n) is 9.29. The second-order valence-electron chi connectivity index (χ2n) is 6.89. The molecule has 1 amide bonds. The second-order valence-corrected chi connectivity index (χ2v) is 8.95. The highest BCUT2D eigenvalue weighted by molar-refractivity contribution is 7.22. The van der Waals surface area contributed by atoms with Crippen LogP contribution in [0.3, 0.4) is 0 Å². The molecule has 3 aromatic heterocycles. The van der Waals surface area contributed by atoms with E-state index in [0.717, 1.165) is 33.9 Å². The molecule has 1 aliphatic heterocycles. The molecule has 0 unspecified atom stereocenters. The molecular weight excluding hydrogens is 406 g/mol. The number of anilines is 1. The van der Waals surface area contributed by atoms with Crippen LogP contribution in [0.2, 0.25) is 0 Å². The van der Waals surface area contributed by atoms with Crippen molar-refractivity contribution in [2.75, 3.05) is 18.5 Å². The van der Waals surface area contributed by atoms with Crippen molar-refractivity contribution in [3.05, 3.63) is 57.5 Å². The summed E-state index contributed by atoms with van der Waals surface area (Å²) in [7, 11) is 0. The van der Waals surface area contributed by atoms with E-state index in [1.165, 1.54) is 16.2 Å². The molecule has 148 valence electrons. The minimum Gasteiger partial charge on any atom is -0.486 e. The van der Waals surface area contributed by atoms with Crippen molar-refractivity contribution in [1.82, 2.24) is 9.55 Å². The fraction of sp³-hybridized carbons (Fsp3) is 0.238. The van der Waals surface area contributed by atoms with Crippen molar-refractivity contribution >= 4 is 43.9 Å². The van der Waals surface area contributed by atoms with E-state index in [-0.39, 0.29) is 5.91 Å². The topological polar surface area (TPSA) is 65.4 Å². The van der Waals surface area contributed by atoms with Gasteiger partial charge >= 0.3 is 0 Å². The first kappa shape index (κ1) is 18.2. The molecule has 0 bridgehead atoms. The van der Waals surface area contributed by atoms with Gasteiger partial charge in [-0.25, -0.2) is 4.98 Å². The number of hydrogen-bond acceptors (Lipinski definition) is 6. The molecule has 5 rings (SSSR count). The number of nitrogens with zero attached hydrogens (tertiary/aromatic N) is 2. The lowest BCUT2D eigenvalue weighted by Gasteiger charge is -2.17. The third-order valence-corrected chi connectivity index (χ3v) is 6.78. The molecule has 0 atom stereocenters. The Hall–Kier alpha value is -2.84. The maximum Gasteiger partial charge on any atom is 0.259 e. The number of aromatic nitrogens is 2. The normalized spacial score (nSPS) is 13.0. The number of nitrogens with one attached hydrogen (secondary N) is 1. The van der Waals surface area contributed by atoms with E-state index < -0.39 is 0 Å². The summed E-state index contributed by atoms with van der Waals surface area (Å²) < 4.78 is 14.4. The molecule has 0 saturated heterocycles. The van der Waals surface area contributed by atoms with Crippen LogP contribution in [0.5, 0.6) is 11.5 Å². The number of ether oxygens (including phenoxy) is 2. The smallest absolute Gasteiger partial charge is 0.259 e. The summed E-state index contributed by atoms with van der Waals surface area (Å²) in [5, 5.41) is 5.59. The van der Waals surface area contributed by atoms with Crippen molar-refractivity contribution in [2.24, 2.45) is 0 Å². The predicted octanol–water partition coefficient (Wildman–Crippen LogP) is 4.85. The van der Waals surface area contributed by atoms with Gasteiger partial charge in [-0.3, -0.25) is 10.1 Å². The van der Waals surface area contributed by atoms with Gasteiger partial charge < -0.3 is 14.0 Å². The molecule has 1 aromatic carbocycles. The molecule has 1 aliphatic rings. The molecule has 29 heavy (non-hydrogen) atoms. The second kappa shape index (κ2) is 7.20. The highest BCUT2D eigenvalue weighted by atomic mass is 32.1. The van der Waals surface area contributed by atoms with Gasteiger partial charge in [0.2, 0.25) is 0 Å². The Labute approximate surface area is 175 Å². The highest BCUT2D eigenvalue weighted by Crippen LogP contribution is 2.38. The molecule has 0 fully saturated rings. The summed E-state index contributed by atoms with van der Waals surface area (Å²) in [4.78, 5) is 18.7. The first-order valence-corrected chi connectivity index (χ1v) is 11.0. The molecule has 4 aromatic rings. The van der Waals surface area contributed by atoms with Gasteiger partial charge in [0.1, 0.15) is 13.2 Å². The number of carbonyl (C=O) groups excluding carboxylic acids is 1. The lowest BCUT2D eigenvalue weighted by molar-refractivity contribution is 0.102. The Morgan fingerprint density at radius 3 is 2.76 bits per heavy atom. The fourth-order valence-corrected chi connectivity index (χ4v) is 5.08. The molecule has 6 nitrogen and oxygen atoms in total. The quantitative estimate of drug-likeness (QED) is 0.508. The van der Waals surface area contributed by atoms with Gasteiger partial charge in [0.25, 0.3) is 5.91 Å². The van der Waals surface area contributed by atoms with Gasteiger partial charge in [-0.2, -0.15) is 0 Å². The molecule has 0 spiro atoms. The Morgan fingerprint density at radius 1 is 1.21 bits per heavy atom. The summed E-state index contributed by atoms with van der Waals surface area (Å²) in [5.41, 5.74) is 3.47. The van der Waals surface area contributed by atoms with Crippen LogP contribution in [-0.2, 0) is 6.54 Å². The van der Waals surface area contributed by atoms with Gasteiger partial charge in [0, 0.05) is 28.4 Å². The zero-order chi connectivity index (χ0) is 20.0. The molecule has 0 radical (unpaired) electrons. The van der Waals surface area contributed by atoms with Crippen molar-refractivity contribution in [1.29, 1.82) is 0 Å². The zero-order valence-electron chi connectivity index (χ0n) is 16.0. The number of amides is 1. The number of hydrogen-bond donors (Lipinski definition) is 1. The molecule has 8 heteroatoms. The van der Waals surface area contributed by atoms with Crippen molar-refractivity contribution < 1.29 is 14.3 Å². The average Bonchev–Trinajstić information content (AvgIpc) is 3.42. The molecule has 1 N–H and O–H groups in total. The Morgan fingerprint density at radius 2 is 2.00 bits per heavy atom. The summed E-state index contributed by atoms with van der Waals surface area (Å²) in [5.74, 6) is 1.28. The van der Waals surface area contributed by atoms with Crippen LogP contribution in [0, 0.1) is 13.8 Å². The Kier molecular flexibility index (Phi) is 4.52. The third kappa shape index (κ3) is 3.38. The highest BCUT2D eigenvalue weighted by Gasteiger charge is 2.19. The van der Waals surface area contributed by atoms with Crippen LogP contribution in [-0.4, -0.2) is 28.7 Å². The van der Waals surface area contributed by atoms with Crippen molar-refractivity contribution in [3.8, 4) is 11.5 Å². The van der Waals surface area contributed by atoms with Gasteiger partial charge in [0.05, 0.1) is 22.3 Å². The predicted molar refractivity (Wildman–Crippen MR) is 116 cm³/mol. The molecule has 4 heterocycles. The minimum atomic E-state index is -0.146. The number of benzene rings is 1. The summed E-state index contributed by atoms with van der Waals surface area (Å²) in [6.07, 6.45) is 0. The third-order valence-electron chi connectivity index (χ3n) is 4.99. The number of fused-ring (bicyclic) bond motifs is 2. The van der Waals surface area contributed by atoms with Crippen LogP contribution in [0.1, 0.15) is 26.6 Å². The Bertz CT molecular complexity index is 1160. The van der Waals surface area contributed by atoms with E-state index in [2.05, 4.69) is 26.3 Å². The minimum absolute atomic E-state index is 0.146. The summed E-state index contributed by atoms with van der Waals surface area (Å²) >= 11 is 3.15. The van der Waals surface area contributed by atoms with Crippen LogP contribution < -0.4 is 14.8 Å². The summed E-state index contributed by atoms with van der Waals surface area (Å²) in [6, 6.07) is 9.87. The number of thiazole rings is 1. The van der Waals surface area contributed by atoms with Crippen LogP contribution in [0.25, 0.3) is 10.2 Å². The maximum atomic E-state index is 12.9. The SMILES string of the molecule is Cc1cc(C(=O)Nc2nc3cc4c(cc3s2)OCCO4)c(C)n1Cc1cccs1. The largest absolute Gasteiger partial charge is 0.486 e.